The van der Waals surface area contributed by atoms with E-state index in [1.54, 1.807) is 19.2 Å². The molecule has 1 fully saturated rings. The average molecular weight is 459 g/mol. The minimum absolute atomic E-state index is 0.0158. The van der Waals surface area contributed by atoms with E-state index in [0.717, 1.165) is 48.8 Å². The monoisotopic (exact) mass is 458 g/mol. The molecule has 7 heteroatoms. The number of rotatable bonds is 8. The highest BCUT2D eigenvalue weighted by atomic mass is 16.5. The number of esters is 1. The Labute approximate surface area is 200 Å². The minimum Gasteiger partial charge on any atom is -0.462 e. The number of para-hydroxylation sites is 1. The van der Waals surface area contributed by atoms with E-state index in [9.17, 15) is 9.59 Å². The number of hydrogen-bond acceptors (Lipinski definition) is 6. The van der Waals surface area contributed by atoms with Crippen LogP contribution in [0.1, 0.15) is 23.7 Å². The van der Waals surface area contributed by atoms with Crippen molar-refractivity contribution in [3.05, 3.63) is 78.5 Å². The number of aromatic nitrogens is 1. The second kappa shape index (κ2) is 11.4. The Bertz CT molecular complexity index is 1090. The summed E-state index contributed by atoms with van der Waals surface area (Å²) in [5.74, 6) is 0.515. The first-order chi connectivity index (χ1) is 16.6. The Kier molecular flexibility index (Phi) is 7.88. The molecule has 1 aromatic heterocycles. The second-order valence-corrected chi connectivity index (χ2v) is 8.16. The van der Waals surface area contributed by atoms with Gasteiger partial charge >= 0.3 is 5.97 Å². The molecule has 0 unspecified atom stereocenters. The molecular weight excluding hydrogens is 428 g/mol. The van der Waals surface area contributed by atoms with Gasteiger partial charge in [0.15, 0.2) is 0 Å². The van der Waals surface area contributed by atoms with E-state index in [1.807, 2.05) is 60.7 Å². The van der Waals surface area contributed by atoms with Crippen molar-refractivity contribution in [2.75, 3.05) is 49.5 Å². The average Bonchev–Trinajstić information content (AvgIpc) is 2.89. The first-order valence-corrected chi connectivity index (χ1v) is 11.7. The van der Waals surface area contributed by atoms with Crippen molar-refractivity contribution in [1.82, 2.24) is 9.88 Å². The van der Waals surface area contributed by atoms with Crippen LogP contribution in [0.3, 0.4) is 0 Å². The Morgan fingerprint density at radius 3 is 2.38 bits per heavy atom. The van der Waals surface area contributed by atoms with Crippen LogP contribution in [0.5, 0.6) is 0 Å². The number of hydrogen-bond donors (Lipinski definition) is 1. The molecule has 1 saturated heterocycles. The van der Waals surface area contributed by atoms with Crippen LogP contribution in [0.4, 0.5) is 11.5 Å². The topological polar surface area (TPSA) is 74.8 Å². The van der Waals surface area contributed by atoms with E-state index in [0.29, 0.717) is 25.1 Å². The molecule has 0 saturated carbocycles. The maximum absolute atomic E-state index is 12.7. The Morgan fingerprint density at radius 1 is 0.941 bits per heavy atom. The van der Waals surface area contributed by atoms with Crippen LogP contribution in [-0.2, 0) is 9.53 Å². The maximum atomic E-state index is 12.7. The minimum atomic E-state index is -0.351. The molecule has 0 atom stereocenters. The van der Waals surface area contributed by atoms with Crippen molar-refractivity contribution < 1.29 is 14.3 Å². The molecule has 7 nitrogen and oxygen atoms in total. The van der Waals surface area contributed by atoms with Gasteiger partial charge < -0.3 is 15.0 Å². The summed E-state index contributed by atoms with van der Waals surface area (Å²) in [7, 11) is 0. The number of piperazine rings is 1. The van der Waals surface area contributed by atoms with E-state index >= 15 is 0 Å². The lowest BCUT2D eigenvalue weighted by Gasteiger charge is -2.35. The molecular formula is C27H30N4O3. The number of nitrogens with zero attached hydrogens (tertiary/aromatic N) is 3. The molecule has 34 heavy (non-hydrogen) atoms. The third kappa shape index (κ3) is 5.99. The zero-order chi connectivity index (χ0) is 23.8. The summed E-state index contributed by atoms with van der Waals surface area (Å²) < 4.78 is 5.01. The van der Waals surface area contributed by atoms with Crippen LogP contribution in [-0.4, -0.2) is 61.1 Å². The van der Waals surface area contributed by atoms with E-state index in [2.05, 4.69) is 20.1 Å². The number of carbonyl (C=O) groups is 2. The summed E-state index contributed by atoms with van der Waals surface area (Å²) in [4.78, 5) is 33.4. The molecule has 1 aliphatic rings. The molecule has 3 aromatic rings. The number of amides is 1. The Balaban J connectivity index is 1.25. The van der Waals surface area contributed by atoms with Gasteiger partial charge in [-0.1, -0.05) is 48.5 Å². The van der Waals surface area contributed by atoms with Crippen molar-refractivity contribution in [3.63, 3.8) is 0 Å². The van der Waals surface area contributed by atoms with Crippen LogP contribution >= 0.6 is 0 Å². The number of anilines is 2. The molecule has 2 aromatic carbocycles. The van der Waals surface area contributed by atoms with Crippen molar-refractivity contribution in [2.45, 2.75) is 13.3 Å². The molecule has 1 N–H and O–H groups in total. The van der Waals surface area contributed by atoms with Crippen LogP contribution in [0.2, 0.25) is 0 Å². The fourth-order valence-electron chi connectivity index (χ4n) is 4.04. The lowest BCUT2D eigenvalue weighted by atomic mass is 10.0. The van der Waals surface area contributed by atoms with Crippen LogP contribution in [0.15, 0.2) is 72.9 Å². The molecule has 0 bridgehead atoms. The molecule has 1 aliphatic heterocycles. The predicted molar refractivity (Wildman–Crippen MR) is 134 cm³/mol. The number of benzene rings is 2. The summed E-state index contributed by atoms with van der Waals surface area (Å²) in [6.07, 6.45) is 2.01. The van der Waals surface area contributed by atoms with E-state index in [1.165, 1.54) is 0 Å². The van der Waals surface area contributed by atoms with Gasteiger partial charge in [0.2, 0.25) is 5.91 Å². The maximum Gasteiger partial charge on any atom is 0.339 e. The van der Waals surface area contributed by atoms with Gasteiger partial charge in [0.1, 0.15) is 5.82 Å². The number of ether oxygens (including phenoxy) is 1. The molecule has 0 radical (unpaired) electrons. The van der Waals surface area contributed by atoms with Crippen LogP contribution in [0.25, 0.3) is 11.1 Å². The van der Waals surface area contributed by atoms with E-state index in [-0.39, 0.29) is 11.9 Å². The van der Waals surface area contributed by atoms with Gasteiger partial charge in [-0.05, 0) is 30.7 Å². The van der Waals surface area contributed by atoms with Gasteiger partial charge in [0.05, 0.1) is 12.2 Å². The molecule has 1 amide bonds. The van der Waals surface area contributed by atoms with Gasteiger partial charge in [-0.25, -0.2) is 9.78 Å². The van der Waals surface area contributed by atoms with Crippen molar-refractivity contribution in [2.24, 2.45) is 0 Å². The summed E-state index contributed by atoms with van der Waals surface area (Å²) in [6.45, 7) is 6.20. The highest BCUT2D eigenvalue weighted by Crippen LogP contribution is 2.27. The van der Waals surface area contributed by atoms with E-state index in [4.69, 9.17) is 4.74 Å². The standard InChI is InChI=1S/C27H30N4O3/c1-2-34-27(33)22-12-13-25(28-20-22)31-18-16-30(17-19-31)15-14-26(32)29-24-11-7-6-10-23(24)21-8-4-3-5-9-21/h3-13,20H,2,14-19H2,1H3,(H,29,32). The van der Waals surface area contributed by atoms with Gasteiger partial charge in [0.25, 0.3) is 0 Å². The first kappa shape index (κ1) is 23.4. The summed E-state index contributed by atoms with van der Waals surface area (Å²) in [6, 6.07) is 21.6. The zero-order valence-electron chi connectivity index (χ0n) is 19.4. The molecule has 0 aliphatic carbocycles. The van der Waals surface area contributed by atoms with Crippen molar-refractivity contribution in [3.8, 4) is 11.1 Å². The third-order valence-electron chi connectivity index (χ3n) is 5.90. The Hall–Kier alpha value is -3.71. The SMILES string of the molecule is CCOC(=O)c1ccc(N2CCN(CCC(=O)Nc3ccccc3-c3ccccc3)CC2)nc1. The van der Waals surface area contributed by atoms with Gasteiger partial charge in [0, 0.05) is 56.6 Å². The summed E-state index contributed by atoms with van der Waals surface area (Å²) in [5.41, 5.74) is 3.40. The number of carbonyl (C=O) groups excluding carboxylic acids is 2. The smallest absolute Gasteiger partial charge is 0.339 e. The highest BCUT2D eigenvalue weighted by Gasteiger charge is 2.19. The van der Waals surface area contributed by atoms with Crippen molar-refractivity contribution in [1.29, 1.82) is 0 Å². The largest absolute Gasteiger partial charge is 0.462 e. The van der Waals surface area contributed by atoms with E-state index < -0.39 is 0 Å². The second-order valence-electron chi connectivity index (χ2n) is 8.16. The number of nitrogens with one attached hydrogen (secondary N) is 1. The normalized spacial score (nSPS) is 14.0. The molecule has 4 rings (SSSR count). The molecule has 2 heterocycles. The third-order valence-corrected chi connectivity index (χ3v) is 5.90. The summed E-state index contributed by atoms with van der Waals surface area (Å²) in [5, 5.41) is 3.08. The fraction of sp³-hybridized carbons (Fsp3) is 0.296. The lowest BCUT2D eigenvalue weighted by molar-refractivity contribution is -0.116. The Morgan fingerprint density at radius 2 is 1.68 bits per heavy atom. The highest BCUT2D eigenvalue weighted by molar-refractivity contribution is 5.95. The van der Waals surface area contributed by atoms with Gasteiger partial charge in [-0.3, -0.25) is 9.69 Å². The fourth-order valence-corrected chi connectivity index (χ4v) is 4.04. The van der Waals surface area contributed by atoms with Gasteiger partial charge in [-0.2, -0.15) is 0 Å². The summed E-state index contributed by atoms with van der Waals surface area (Å²) >= 11 is 0. The number of pyridine rings is 1. The van der Waals surface area contributed by atoms with Crippen LogP contribution in [0, 0.1) is 0 Å². The lowest BCUT2D eigenvalue weighted by Crippen LogP contribution is -2.47. The quantitative estimate of drug-likeness (QED) is 0.513. The molecule has 0 spiro atoms. The van der Waals surface area contributed by atoms with Crippen molar-refractivity contribution >= 4 is 23.4 Å². The van der Waals surface area contributed by atoms with Crippen LogP contribution < -0.4 is 10.2 Å². The first-order valence-electron chi connectivity index (χ1n) is 11.7. The molecule has 176 valence electrons. The zero-order valence-corrected chi connectivity index (χ0v) is 19.4. The van der Waals surface area contributed by atoms with Gasteiger partial charge in [-0.15, -0.1) is 0 Å². The predicted octanol–water partition coefficient (Wildman–Crippen LogP) is 4.08.